The summed E-state index contributed by atoms with van der Waals surface area (Å²) in [6, 6.07) is 0.217. The fraction of sp³-hybridized carbons (Fsp3) is 0.850. The van der Waals surface area contributed by atoms with Crippen LogP contribution in [0.2, 0.25) is 0 Å². The summed E-state index contributed by atoms with van der Waals surface area (Å²) < 4.78 is 5.02. The van der Waals surface area contributed by atoms with E-state index in [2.05, 4.69) is 10.6 Å². The lowest BCUT2D eigenvalue weighted by Gasteiger charge is -2.31. The minimum atomic E-state index is -0.0923. The molecule has 154 valence electrons. The maximum Gasteiger partial charge on any atom is 0.305 e. The molecule has 4 N–H and O–H groups in total. The highest BCUT2D eigenvalue weighted by Crippen LogP contribution is 2.32. The lowest BCUT2D eigenvalue weighted by atomic mass is 9.79. The van der Waals surface area contributed by atoms with Gasteiger partial charge in [-0.05, 0) is 69.5 Å². The Balaban J connectivity index is 1.69. The van der Waals surface area contributed by atoms with Crippen molar-refractivity contribution in [3.63, 3.8) is 0 Å². The number of rotatable bonds is 8. The largest absolute Gasteiger partial charge is 0.466 e. The Bertz CT molecular complexity index is 515. The van der Waals surface area contributed by atoms with Gasteiger partial charge in [-0.1, -0.05) is 19.3 Å². The van der Waals surface area contributed by atoms with Crippen molar-refractivity contribution < 1.29 is 14.3 Å². The van der Waals surface area contributed by atoms with Gasteiger partial charge in [-0.3, -0.25) is 9.59 Å². The maximum absolute atomic E-state index is 12.6. The Hall–Kier alpha value is -1.37. The van der Waals surface area contributed by atoms with Crippen molar-refractivity contribution in [2.75, 3.05) is 13.2 Å². The number of nitrogens with one attached hydrogen (secondary N) is 2. The van der Waals surface area contributed by atoms with E-state index in [1.165, 1.54) is 12.8 Å². The van der Waals surface area contributed by atoms with Crippen LogP contribution in [-0.2, 0) is 14.3 Å². The van der Waals surface area contributed by atoms with Gasteiger partial charge in [0.25, 0.3) is 0 Å². The van der Waals surface area contributed by atoms with Gasteiger partial charge < -0.3 is 21.1 Å². The molecule has 0 aliphatic heterocycles. The summed E-state index contributed by atoms with van der Waals surface area (Å²) in [5, 5.41) is 6.60. The molecular formula is C20H35N3O3S. The quantitative estimate of drug-likeness (QED) is 0.431. The van der Waals surface area contributed by atoms with Crippen LogP contribution in [-0.4, -0.2) is 36.2 Å². The Labute approximate surface area is 168 Å². The molecule has 0 aromatic heterocycles. The average molecular weight is 398 g/mol. The van der Waals surface area contributed by atoms with Crippen LogP contribution in [0.25, 0.3) is 0 Å². The average Bonchev–Trinajstić information content (AvgIpc) is 2.65. The van der Waals surface area contributed by atoms with E-state index in [0.29, 0.717) is 30.0 Å². The molecule has 0 spiro atoms. The van der Waals surface area contributed by atoms with E-state index < -0.39 is 0 Å². The molecule has 2 rings (SSSR count). The summed E-state index contributed by atoms with van der Waals surface area (Å²) in [6.45, 7) is 3.04. The van der Waals surface area contributed by atoms with Gasteiger partial charge in [-0.15, -0.1) is 0 Å². The van der Waals surface area contributed by atoms with Gasteiger partial charge in [-0.25, -0.2) is 0 Å². The standard InChI is InChI=1S/C20H35N3O3S/c1-2-26-18(24)10-9-14-5-3-6-15(11-14)13-22-19(25)16-7-4-8-17(12-16)23-20(21)27/h14-17H,2-13H2,1H3,(H,22,25)(H3,21,23,27). The van der Waals surface area contributed by atoms with E-state index >= 15 is 0 Å². The number of esters is 1. The molecular weight excluding hydrogens is 362 g/mol. The van der Waals surface area contributed by atoms with Gasteiger partial charge in [0.2, 0.25) is 5.91 Å². The van der Waals surface area contributed by atoms with Crippen LogP contribution in [0.15, 0.2) is 0 Å². The van der Waals surface area contributed by atoms with Gasteiger partial charge in [0.05, 0.1) is 6.61 Å². The van der Waals surface area contributed by atoms with Gasteiger partial charge in [-0.2, -0.15) is 0 Å². The number of nitrogens with two attached hydrogens (primary N) is 1. The number of hydrogen-bond acceptors (Lipinski definition) is 4. The van der Waals surface area contributed by atoms with Crippen LogP contribution >= 0.6 is 12.2 Å². The molecule has 0 aromatic rings. The Morgan fingerprint density at radius 1 is 1.11 bits per heavy atom. The minimum Gasteiger partial charge on any atom is -0.466 e. The minimum absolute atomic E-state index is 0.0498. The summed E-state index contributed by atoms with van der Waals surface area (Å²) in [6.07, 6.45) is 9.81. The molecule has 2 aliphatic carbocycles. The fourth-order valence-corrected chi connectivity index (χ4v) is 4.72. The maximum atomic E-state index is 12.6. The molecule has 7 heteroatoms. The van der Waals surface area contributed by atoms with E-state index in [-0.39, 0.29) is 23.8 Å². The zero-order valence-corrected chi connectivity index (χ0v) is 17.3. The first-order chi connectivity index (χ1) is 13.0. The summed E-state index contributed by atoms with van der Waals surface area (Å²) in [5.41, 5.74) is 5.56. The first-order valence-electron chi connectivity index (χ1n) is 10.5. The second-order valence-corrected chi connectivity index (χ2v) is 8.50. The molecule has 0 saturated heterocycles. The molecule has 4 unspecified atom stereocenters. The number of ether oxygens (including phenoxy) is 1. The van der Waals surface area contributed by atoms with Crippen LogP contribution in [0, 0.1) is 17.8 Å². The molecule has 0 aromatic carbocycles. The Morgan fingerprint density at radius 3 is 2.59 bits per heavy atom. The molecule has 2 aliphatic rings. The smallest absolute Gasteiger partial charge is 0.305 e. The van der Waals surface area contributed by atoms with E-state index in [1.54, 1.807) is 0 Å². The van der Waals surface area contributed by atoms with Crippen molar-refractivity contribution in [2.45, 2.75) is 77.2 Å². The van der Waals surface area contributed by atoms with E-state index in [4.69, 9.17) is 22.7 Å². The van der Waals surface area contributed by atoms with Crippen molar-refractivity contribution in [3.05, 3.63) is 0 Å². The summed E-state index contributed by atoms with van der Waals surface area (Å²) in [4.78, 5) is 24.1. The normalized spacial score (nSPS) is 28.2. The van der Waals surface area contributed by atoms with Gasteiger partial charge in [0, 0.05) is 24.9 Å². The first kappa shape index (κ1) is 21.9. The molecule has 6 nitrogen and oxygen atoms in total. The summed E-state index contributed by atoms with van der Waals surface area (Å²) in [7, 11) is 0. The lowest BCUT2D eigenvalue weighted by Crippen LogP contribution is -2.44. The van der Waals surface area contributed by atoms with Crippen molar-refractivity contribution in [3.8, 4) is 0 Å². The van der Waals surface area contributed by atoms with Gasteiger partial charge >= 0.3 is 5.97 Å². The molecule has 27 heavy (non-hydrogen) atoms. The summed E-state index contributed by atoms with van der Waals surface area (Å²) in [5.74, 6) is 1.21. The Kier molecular flexibility index (Phi) is 9.31. The lowest BCUT2D eigenvalue weighted by molar-refractivity contribution is -0.143. The molecule has 4 atom stereocenters. The highest BCUT2D eigenvalue weighted by molar-refractivity contribution is 7.80. The van der Waals surface area contributed by atoms with Crippen LogP contribution in [0.4, 0.5) is 0 Å². The van der Waals surface area contributed by atoms with Crippen LogP contribution in [0.5, 0.6) is 0 Å². The molecule has 0 heterocycles. The van der Waals surface area contributed by atoms with E-state index in [1.807, 2.05) is 6.92 Å². The molecule has 2 fully saturated rings. The monoisotopic (exact) mass is 397 g/mol. The topological polar surface area (TPSA) is 93.4 Å². The van der Waals surface area contributed by atoms with Crippen LogP contribution in [0.1, 0.15) is 71.1 Å². The highest BCUT2D eigenvalue weighted by Gasteiger charge is 2.28. The Morgan fingerprint density at radius 2 is 1.85 bits per heavy atom. The van der Waals surface area contributed by atoms with Gasteiger partial charge in [0.15, 0.2) is 5.11 Å². The van der Waals surface area contributed by atoms with Crippen LogP contribution in [0.3, 0.4) is 0 Å². The molecule has 0 radical (unpaired) electrons. The van der Waals surface area contributed by atoms with Crippen molar-refractivity contribution in [1.29, 1.82) is 0 Å². The predicted molar refractivity (Wildman–Crippen MR) is 110 cm³/mol. The third kappa shape index (κ3) is 8.03. The number of thiocarbonyl (C=S) groups is 1. The highest BCUT2D eigenvalue weighted by atomic mass is 32.1. The van der Waals surface area contributed by atoms with E-state index in [0.717, 1.165) is 51.5 Å². The van der Waals surface area contributed by atoms with E-state index in [9.17, 15) is 9.59 Å². The number of carbonyl (C=O) groups excluding carboxylic acids is 2. The van der Waals surface area contributed by atoms with Crippen molar-refractivity contribution in [1.82, 2.24) is 10.6 Å². The third-order valence-electron chi connectivity index (χ3n) is 5.91. The number of hydrogen-bond donors (Lipinski definition) is 3. The first-order valence-corrected chi connectivity index (χ1v) is 10.9. The van der Waals surface area contributed by atoms with Gasteiger partial charge in [0.1, 0.15) is 0 Å². The van der Waals surface area contributed by atoms with Crippen LogP contribution < -0.4 is 16.4 Å². The summed E-state index contributed by atoms with van der Waals surface area (Å²) >= 11 is 4.92. The van der Waals surface area contributed by atoms with Crippen molar-refractivity contribution in [2.24, 2.45) is 23.5 Å². The zero-order valence-electron chi connectivity index (χ0n) is 16.5. The number of carbonyl (C=O) groups is 2. The second-order valence-electron chi connectivity index (χ2n) is 8.06. The molecule has 1 amide bonds. The predicted octanol–water partition coefficient (Wildman–Crippen LogP) is 2.64. The second kappa shape index (κ2) is 11.5. The third-order valence-corrected chi connectivity index (χ3v) is 6.03. The SMILES string of the molecule is CCOC(=O)CCC1CCCC(CNC(=O)C2CCCC(NC(N)=S)C2)C1. The fourth-order valence-electron chi connectivity index (χ4n) is 4.55. The zero-order chi connectivity index (χ0) is 19.6. The molecule has 2 saturated carbocycles. The molecule has 0 bridgehead atoms. The number of amides is 1. The van der Waals surface area contributed by atoms with Crippen molar-refractivity contribution >= 4 is 29.2 Å².